The number of aliphatic hydroxyl groups excluding tert-OH is 2. The van der Waals surface area contributed by atoms with Crippen molar-refractivity contribution in [1.82, 2.24) is 0 Å². The molecule has 4 aliphatic rings. The van der Waals surface area contributed by atoms with Gasteiger partial charge >= 0.3 is 5.97 Å². The van der Waals surface area contributed by atoms with E-state index in [1.54, 1.807) is 13.0 Å². The first kappa shape index (κ1) is 27.3. The average Bonchev–Trinajstić information content (AvgIpc) is 2.99. The van der Waals surface area contributed by atoms with Gasteiger partial charge in [-0.15, -0.1) is 0 Å². The lowest BCUT2D eigenvalue weighted by Crippen LogP contribution is -2.60. The normalized spacial score (nSPS) is 43.1. The highest BCUT2D eigenvalue weighted by Crippen LogP contribution is 2.70. The lowest BCUT2D eigenvalue weighted by atomic mass is 9.42. The second-order valence-electron chi connectivity index (χ2n) is 13.5. The summed E-state index contributed by atoms with van der Waals surface area (Å²) in [6.07, 6.45) is 4.10. The molecule has 4 rings (SSSR count). The molecular formula is C30H44O6. The van der Waals surface area contributed by atoms with E-state index >= 15 is 0 Å². The van der Waals surface area contributed by atoms with Crippen LogP contribution in [0.25, 0.3) is 0 Å². The molecule has 0 radical (unpaired) electrons. The Morgan fingerprint density at radius 1 is 1.14 bits per heavy atom. The van der Waals surface area contributed by atoms with Crippen molar-refractivity contribution >= 4 is 17.5 Å². The van der Waals surface area contributed by atoms with Gasteiger partial charge in [0.05, 0.1) is 17.6 Å². The van der Waals surface area contributed by atoms with Crippen molar-refractivity contribution in [2.24, 2.45) is 39.4 Å². The van der Waals surface area contributed by atoms with Crippen LogP contribution < -0.4 is 0 Å². The molecule has 6 nitrogen and oxygen atoms in total. The van der Waals surface area contributed by atoms with E-state index in [4.69, 9.17) is 5.11 Å². The number of rotatable bonds is 5. The summed E-state index contributed by atoms with van der Waals surface area (Å²) in [4.78, 5) is 39.1. The van der Waals surface area contributed by atoms with Gasteiger partial charge in [0.2, 0.25) is 0 Å². The molecular weight excluding hydrogens is 456 g/mol. The van der Waals surface area contributed by atoms with E-state index in [1.165, 1.54) is 0 Å². The van der Waals surface area contributed by atoms with E-state index < -0.39 is 39.8 Å². The monoisotopic (exact) mass is 500 g/mol. The van der Waals surface area contributed by atoms with Crippen molar-refractivity contribution in [2.75, 3.05) is 0 Å². The van der Waals surface area contributed by atoms with Gasteiger partial charge in [0.15, 0.2) is 5.78 Å². The number of Topliss-reactive ketones (excluding diaryl/α,β-unsaturated/α-hetero) is 2. The highest BCUT2D eigenvalue weighted by molar-refractivity contribution is 6.05. The van der Waals surface area contributed by atoms with Gasteiger partial charge in [-0.05, 0) is 85.5 Å². The van der Waals surface area contributed by atoms with Crippen molar-refractivity contribution in [1.29, 1.82) is 0 Å². The number of carboxylic acids is 1. The molecule has 4 aliphatic carbocycles. The minimum Gasteiger partial charge on any atom is -0.478 e. The van der Waals surface area contributed by atoms with Gasteiger partial charge in [-0.25, -0.2) is 4.79 Å². The van der Waals surface area contributed by atoms with Crippen molar-refractivity contribution in [2.45, 2.75) is 106 Å². The molecule has 0 spiro atoms. The molecule has 0 amide bonds. The summed E-state index contributed by atoms with van der Waals surface area (Å²) in [5.74, 6) is -0.704. The quantitative estimate of drug-likeness (QED) is 0.464. The number of allylic oxidation sites excluding steroid dienone is 2. The molecule has 0 aromatic carbocycles. The SMILES string of the molecule is CC(=CCC[C@@H](C)[C@H]1CC(=O)[C@@]2(C)C3=C(C(=O)C[C@]12C)[C@@]1(C)CC[C@H](O)C(C)(C)[C@@H]1C[C@@H]3O)C(=O)O. The first-order valence-electron chi connectivity index (χ1n) is 13.6. The van der Waals surface area contributed by atoms with Crippen LogP contribution in [0.15, 0.2) is 22.8 Å². The molecule has 36 heavy (non-hydrogen) atoms. The third kappa shape index (κ3) is 3.53. The molecule has 2 fully saturated rings. The third-order valence-electron chi connectivity index (χ3n) is 11.5. The van der Waals surface area contributed by atoms with Gasteiger partial charge < -0.3 is 15.3 Å². The first-order valence-corrected chi connectivity index (χ1v) is 13.6. The van der Waals surface area contributed by atoms with Crippen LogP contribution in [0.5, 0.6) is 0 Å². The number of hydrogen-bond donors (Lipinski definition) is 3. The van der Waals surface area contributed by atoms with Gasteiger partial charge in [-0.1, -0.05) is 40.7 Å². The molecule has 8 atom stereocenters. The molecule has 3 N–H and O–H groups in total. The summed E-state index contributed by atoms with van der Waals surface area (Å²) in [6.45, 7) is 13.9. The maximum Gasteiger partial charge on any atom is 0.330 e. The Labute approximate surface area is 215 Å². The Morgan fingerprint density at radius 2 is 1.78 bits per heavy atom. The minimum atomic E-state index is -0.924. The van der Waals surface area contributed by atoms with Crippen LogP contribution >= 0.6 is 0 Å². The van der Waals surface area contributed by atoms with E-state index in [0.717, 1.165) is 6.42 Å². The number of fused-ring (bicyclic) bond motifs is 4. The minimum absolute atomic E-state index is 0.0196. The van der Waals surface area contributed by atoms with E-state index in [0.29, 0.717) is 48.8 Å². The maximum atomic E-state index is 14.1. The highest BCUT2D eigenvalue weighted by Gasteiger charge is 2.70. The number of hydrogen-bond acceptors (Lipinski definition) is 5. The highest BCUT2D eigenvalue weighted by atomic mass is 16.4. The van der Waals surface area contributed by atoms with Crippen molar-refractivity contribution in [3.63, 3.8) is 0 Å². The summed E-state index contributed by atoms with van der Waals surface area (Å²) < 4.78 is 0. The number of aliphatic carboxylic acids is 1. The van der Waals surface area contributed by atoms with E-state index in [2.05, 4.69) is 20.8 Å². The Balaban J connectivity index is 1.76. The van der Waals surface area contributed by atoms with Crippen LogP contribution in [0.3, 0.4) is 0 Å². The molecule has 0 heterocycles. The van der Waals surface area contributed by atoms with Gasteiger partial charge in [-0.2, -0.15) is 0 Å². The standard InChI is InChI=1S/C30H44O6/c1-16(9-8-10-17(2)26(35)36)18-13-23(34)30(7)25-19(31)14-21-27(3,4)22(33)11-12-28(21,5)24(25)20(32)15-29(18,30)6/h10,16,18-19,21-22,31,33H,8-9,11-15H2,1-7H3,(H,35,36)/t16-,18-,19+,21+,22+,28+,29-,30+/m1/s1. The van der Waals surface area contributed by atoms with E-state index in [9.17, 15) is 24.6 Å². The lowest BCUT2D eigenvalue weighted by Gasteiger charge is -2.61. The molecule has 6 heteroatoms. The molecule has 2 saturated carbocycles. The molecule has 0 bridgehead atoms. The topological polar surface area (TPSA) is 112 Å². The summed E-state index contributed by atoms with van der Waals surface area (Å²) in [5.41, 5.74) is -0.762. The number of carbonyl (C=O) groups is 3. The van der Waals surface area contributed by atoms with Crippen LogP contribution in [0.4, 0.5) is 0 Å². The van der Waals surface area contributed by atoms with Crippen molar-refractivity contribution < 1.29 is 29.7 Å². The Hall–Kier alpha value is -1.79. The molecule has 200 valence electrons. The second kappa shape index (κ2) is 8.62. The zero-order valence-electron chi connectivity index (χ0n) is 23.0. The molecule has 0 saturated heterocycles. The van der Waals surface area contributed by atoms with Crippen molar-refractivity contribution in [3.05, 3.63) is 22.8 Å². The maximum absolute atomic E-state index is 14.1. The third-order valence-corrected chi connectivity index (χ3v) is 11.5. The summed E-state index contributed by atoms with van der Waals surface area (Å²) in [6, 6.07) is 0. The zero-order valence-corrected chi connectivity index (χ0v) is 23.0. The second-order valence-corrected chi connectivity index (χ2v) is 13.5. The fraction of sp³-hybridized carbons (Fsp3) is 0.767. The van der Waals surface area contributed by atoms with Gasteiger partial charge in [0, 0.05) is 24.0 Å². The van der Waals surface area contributed by atoms with Gasteiger partial charge in [0.25, 0.3) is 0 Å². The summed E-state index contributed by atoms with van der Waals surface area (Å²) in [5, 5.41) is 31.5. The molecule has 0 unspecified atom stereocenters. The molecule has 0 aromatic rings. The smallest absolute Gasteiger partial charge is 0.330 e. The van der Waals surface area contributed by atoms with E-state index in [1.807, 2.05) is 20.8 Å². The van der Waals surface area contributed by atoms with Gasteiger partial charge in [0.1, 0.15) is 5.78 Å². The van der Waals surface area contributed by atoms with Gasteiger partial charge in [-0.3, -0.25) is 9.59 Å². The summed E-state index contributed by atoms with van der Waals surface area (Å²) >= 11 is 0. The lowest BCUT2D eigenvalue weighted by molar-refractivity contribution is -0.142. The van der Waals surface area contributed by atoms with Crippen LogP contribution in [0.2, 0.25) is 0 Å². The van der Waals surface area contributed by atoms with Crippen LogP contribution in [-0.2, 0) is 14.4 Å². The number of aliphatic hydroxyl groups is 2. The Morgan fingerprint density at radius 3 is 2.39 bits per heavy atom. The predicted octanol–water partition coefficient (Wildman–Crippen LogP) is 4.87. The predicted molar refractivity (Wildman–Crippen MR) is 137 cm³/mol. The van der Waals surface area contributed by atoms with Crippen molar-refractivity contribution in [3.8, 4) is 0 Å². The first-order chi connectivity index (χ1) is 16.5. The summed E-state index contributed by atoms with van der Waals surface area (Å²) in [7, 11) is 0. The largest absolute Gasteiger partial charge is 0.478 e. The average molecular weight is 501 g/mol. The number of ketones is 2. The van der Waals surface area contributed by atoms with Crippen LogP contribution in [-0.4, -0.2) is 45.1 Å². The van der Waals surface area contributed by atoms with Crippen LogP contribution in [0.1, 0.15) is 93.4 Å². The Kier molecular flexibility index (Phi) is 6.53. The zero-order chi connectivity index (χ0) is 27.0. The Bertz CT molecular complexity index is 1050. The number of carboxylic acid groups (broad SMARTS) is 1. The molecule has 0 aliphatic heterocycles. The fourth-order valence-electron chi connectivity index (χ4n) is 8.95. The van der Waals surface area contributed by atoms with E-state index in [-0.39, 0.29) is 35.7 Å². The molecule has 0 aromatic heterocycles. The fourth-order valence-corrected chi connectivity index (χ4v) is 8.95. The number of carbonyl (C=O) groups excluding carboxylic acids is 2. The van der Waals surface area contributed by atoms with Crippen LogP contribution in [0, 0.1) is 39.4 Å².